The van der Waals surface area contributed by atoms with Gasteiger partial charge in [0.05, 0.1) is 4.90 Å². The number of sulfone groups is 1. The Bertz CT molecular complexity index is 518. The highest BCUT2D eigenvalue weighted by Crippen LogP contribution is 2.13. The molecule has 4 N–H and O–H groups in total. The number of carboxylic acids is 1. The molecule has 0 aliphatic heterocycles. The van der Waals surface area contributed by atoms with Crippen LogP contribution in [0.5, 0.6) is 0 Å². The van der Waals surface area contributed by atoms with Crippen LogP contribution in [0.3, 0.4) is 0 Å². The Morgan fingerprint density at radius 1 is 1.35 bits per heavy atom. The third-order valence-electron chi connectivity index (χ3n) is 2.20. The second-order valence-electron chi connectivity index (χ2n) is 3.82. The van der Waals surface area contributed by atoms with Crippen LogP contribution in [0.1, 0.15) is 5.56 Å². The molecular weight excluding hydrogens is 246 g/mol. The van der Waals surface area contributed by atoms with Crippen LogP contribution in [0.2, 0.25) is 0 Å². The van der Waals surface area contributed by atoms with E-state index in [0.717, 1.165) is 6.26 Å². The van der Waals surface area contributed by atoms with Crippen LogP contribution in [0, 0.1) is 0 Å². The minimum atomic E-state index is -3.29. The van der Waals surface area contributed by atoms with Crippen LogP contribution in [0.4, 0.5) is 0 Å². The average molecular weight is 259 g/mol. The molecule has 0 amide bonds. The smallest absolute Gasteiger partial charge is 0.351 e. The van der Waals surface area contributed by atoms with Crippen LogP contribution in [0.15, 0.2) is 29.2 Å². The molecule has 0 bridgehead atoms. The molecule has 0 fully saturated rings. The van der Waals surface area contributed by atoms with Crippen LogP contribution in [-0.2, 0) is 21.1 Å². The van der Waals surface area contributed by atoms with Gasteiger partial charge in [-0.2, -0.15) is 0 Å². The zero-order valence-corrected chi connectivity index (χ0v) is 9.94. The second kappa shape index (κ2) is 4.44. The van der Waals surface area contributed by atoms with Gasteiger partial charge in [-0.1, -0.05) is 12.1 Å². The van der Waals surface area contributed by atoms with E-state index in [4.69, 9.17) is 10.8 Å². The van der Waals surface area contributed by atoms with Crippen molar-refractivity contribution < 1.29 is 23.4 Å². The summed E-state index contributed by atoms with van der Waals surface area (Å²) in [4.78, 5) is 10.7. The lowest BCUT2D eigenvalue weighted by atomic mass is 10.0. The Hall–Kier alpha value is -1.44. The van der Waals surface area contributed by atoms with Gasteiger partial charge in [0.25, 0.3) is 0 Å². The van der Waals surface area contributed by atoms with Gasteiger partial charge in [-0.15, -0.1) is 0 Å². The molecule has 0 spiro atoms. The van der Waals surface area contributed by atoms with Crippen molar-refractivity contribution in [2.75, 3.05) is 6.26 Å². The fourth-order valence-electron chi connectivity index (χ4n) is 1.24. The number of benzene rings is 1. The van der Waals surface area contributed by atoms with E-state index in [9.17, 15) is 18.3 Å². The lowest BCUT2D eigenvalue weighted by Gasteiger charge is -2.17. The van der Waals surface area contributed by atoms with E-state index in [0.29, 0.717) is 5.56 Å². The number of nitrogens with two attached hydrogens (primary N) is 1. The molecular formula is C10H13NO5S. The van der Waals surface area contributed by atoms with Crippen molar-refractivity contribution in [3.8, 4) is 0 Å². The van der Waals surface area contributed by atoms with E-state index in [-0.39, 0.29) is 11.3 Å². The summed E-state index contributed by atoms with van der Waals surface area (Å²) >= 11 is 0. The average Bonchev–Trinajstić information content (AvgIpc) is 2.16. The SMILES string of the molecule is CS(=O)(=O)c1ccc(C[C@](N)(O)C(=O)O)cc1. The molecule has 17 heavy (non-hydrogen) atoms. The van der Waals surface area contributed by atoms with E-state index >= 15 is 0 Å². The maximum atomic E-state index is 11.2. The van der Waals surface area contributed by atoms with Crippen LogP contribution in [0.25, 0.3) is 0 Å². The highest BCUT2D eigenvalue weighted by atomic mass is 32.2. The van der Waals surface area contributed by atoms with Crippen molar-refractivity contribution in [2.24, 2.45) is 5.73 Å². The number of rotatable bonds is 4. The van der Waals surface area contributed by atoms with Gasteiger partial charge < -0.3 is 10.2 Å². The van der Waals surface area contributed by atoms with Gasteiger partial charge in [-0.05, 0) is 17.7 Å². The van der Waals surface area contributed by atoms with E-state index in [1.54, 1.807) is 0 Å². The molecule has 0 aliphatic rings. The largest absolute Gasteiger partial charge is 0.478 e. The molecule has 1 atom stereocenters. The third kappa shape index (κ3) is 3.52. The minimum Gasteiger partial charge on any atom is -0.478 e. The van der Waals surface area contributed by atoms with Crippen LogP contribution >= 0.6 is 0 Å². The predicted octanol–water partition coefficient (Wildman–Crippen LogP) is -0.635. The first-order valence-electron chi connectivity index (χ1n) is 4.66. The Labute approximate surface area is 98.6 Å². The third-order valence-corrected chi connectivity index (χ3v) is 3.32. The van der Waals surface area contributed by atoms with E-state index in [1.165, 1.54) is 24.3 Å². The highest BCUT2D eigenvalue weighted by Gasteiger charge is 2.30. The monoisotopic (exact) mass is 259 g/mol. The van der Waals surface area contributed by atoms with Crippen LogP contribution < -0.4 is 5.73 Å². The van der Waals surface area contributed by atoms with Crippen molar-refractivity contribution in [3.05, 3.63) is 29.8 Å². The molecule has 6 nitrogen and oxygen atoms in total. The first-order chi connectivity index (χ1) is 7.63. The van der Waals surface area contributed by atoms with E-state index in [1.807, 2.05) is 0 Å². The number of hydrogen-bond donors (Lipinski definition) is 3. The first kappa shape index (κ1) is 13.6. The van der Waals surface area contributed by atoms with Crippen molar-refractivity contribution in [1.82, 2.24) is 0 Å². The van der Waals surface area contributed by atoms with Crippen molar-refractivity contribution >= 4 is 15.8 Å². The molecule has 0 unspecified atom stereocenters. The lowest BCUT2D eigenvalue weighted by Crippen LogP contribution is -2.49. The molecule has 0 heterocycles. The molecule has 94 valence electrons. The molecule has 0 saturated carbocycles. The summed E-state index contributed by atoms with van der Waals surface area (Å²) in [7, 11) is -3.29. The second-order valence-corrected chi connectivity index (χ2v) is 5.84. The maximum Gasteiger partial charge on any atom is 0.351 e. The van der Waals surface area contributed by atoms with E-state index in [2.05, 4.69) is 0 Å². The Morgan fingerprint density at radius 3 is 2.18 bits per heavy atom. The van der Waals surface area contributed by atoms with Crippen molar-refractivity contribution in [3.63, 3.8) is 0 Å². The first-order valence-corrected chi connectivity index (χ1v) is 6.56. The van der Waals surface area contributed by atoms with Gasteiger partial charge in [0.1, 0.15) is 0 Å². The number of carboxylic acid groups (broad SMARTS) is 1. The fourth-order valence-corrected chi connectivity index (χ4v) is 1.87. The fraction of sp³-hybridized carbons (Fsp3) is 0.300. The van der Waals surface area contributed by atoms with E-state index < -0.39 is 21.5 Å². The summed E-state index contributed by atoms with van der Waals surface area (Å²) in [6.45, 7) is 0. The molecule has 1 aromatic carbocycles. The van der Waals surface area contributed by atoms with Gasteiger partial charge in [0.2, 0.25) is 5.72 Å². The standard InChI is InChI=1S/C10H13NO5S/c1-17(15,16)8-4-2-7(3-5-8)6-10(11,14)9(12)13/h2-5,14H,6,11H2,1H3,(H,12,13)/t10-/m0/s1. The molecule has 1 aromatic rings. The topological polar surface area (TPSA) is 118 Å². The van der Waals surface area contributed by atoms with Gasteiger partial charge >= 0.3 is 5.97 Å². The van der Waals surface area contributed by atoms with Gasteiger partial charge in [0, 0.05) is 12.7 Å². The number of aliphatic carboxylic acids is 1. The Balaban J connectivity index is 2.94. The van der Waals surface area contributed by atoms with Crippen molar-refractivity contribution in [2.45, 2.75) is 17.0 Å². The van der Waals surface area contributed by atoms with Crippen LogP contribution in [-0.4, -0.2) is 36.6 Å². The Kier molecular flexibility index (Phi) is 3.56. The number of carbonyl (C=O) groups is 1. The molecule has 7 heteroatoms. The summed E-state index contributed by atoms with van der Waals surface area (Å²) in [5.41, 5.74) is 3.23. The molecule has 1 rings (SSSR count). The highest BCUT2D eigenvalue weighted by molar-refractivity contribution is 7.90. The van der Waals surface area contributed by atoms with Gasteiger partial charge in [-0.25, -0.2) is 13.2 Å². The van der Waals surface area contributed by atoms with Gasteiger partial charge in [0.15, 0.2) is 9.84 Å². The number of aliphatic hydroxyl groups is 1. The zero-order valence-electron chi connectivity index (χ0n) is 9.12. The lowest BCUT2D eigenvalue weighted by molar-refractivity contribution is -0.157. The van der Waals surface area contributed by atoms with Crippen molar-refractivity contribution in [1.29, 1.82) is 0 Å². The summed E-state index contributed by atoms with van der Waals surface area (Å²) in [5, 5.41) is 17.9. The Morgan fingerprint density at radius 2 is 1.82 bits per heavy atom. The molecule has 0 saturated heterocycles. The number of hydrogen-bond acceptors (Lipinski definition) is 5. The summed E-state index contributed by atoms with van der Waals surface area (Å²) in [6, 6.07) is 5.50. The summed E-state index contributed by atoms with van der Waals surface area (Å²) in [6.07, 6.45) is 0.769. The molecule has 0 radical (unpaired) electrons. The predicted molar refractivity (Wildman–Crippen MR) is 60.0 cm³/mol. The molecule has 0 aliphatic carbocycles. The maximum absolute atomic E-state index is 11.2. The summed E-state index contributed by atoms with van der Waals surface area (Å²) < 4.78 is 22.3. The summed E-state index contributed by atoms with van der Waals surface area (Å²) in [5.74, 6) is -1.54. The minimum absolute atomic E-state index is 0.122. The quantitative estimate of drug-likeness (QED) is 0.619. The van der Waals surface area contributed by atoms with Gasteiger partial charge in [-0.3, -0.25) is 5.73 Å². The molecule has 0 aromatic heterocycles. The normalized spacial score (nSPS) is 15.2. The zero-order chi connectivity index (χ0) is 13.3.